The molecule has 0 aromatic carbocycles. The van der Waals surface area contributed by atoms with Crippen LogP contribution >= 0.6 is 0 Å². The predicted molar refractivity (Wildman–Crippen MR) is 70.6 cm³/mol. The minimum absolute atomic E-state index is 0.169. The third kappa shape index (κ3) is 3.03. The Morgan fingerprint density at radius 2 is 2.32 bits per heavy atom. The standard InChI is InChI=1S/C14H20N2O3/c1-3-19-13(17)11-9(2)15-14(18)16-12(11)10-7-5-4-6-8-10/h4-5,10-12H,3,6-8H2,1-2H3,(H,16,18)/p+1/t10-,11+,12+/m1/s1. The number of hydrogen-bond donors (Lipinski definition) is 2. The lowest BCUT2D eigenvalue weighted by molar-refractivity contribution is -0.354. The highest BCUT2D eigenvalue weighted by atomic mass is 16.5. The molecule has 0 saturated carbocycles. The highest BCUT2D eigenvalue weighted by molar-refractivity contribution is 6.01. The van der Waals surface area contributed by atoms with Crippen molar-refractivity contribution in [1.29, 1.82) is 0 Å². The number of hydrogen-bond acceptors (Lipinski definition) is 3. The lowest BCUT2D eigenvalue weighted by atomic mass is 9.78. The quantitative estimate of drug-likeness (QED) is 0.564. The fourth-order valence-electron chi connectivity index (χ4n) is 2.89. The van der Waals surface area contributed by atoms with E-state index in [0.717, 1.165) is 19.3 Å². The van der Waals surface area contributed by atoms with Gasteiger partial charge in [-0.1, -0.05) is 12.2 Å². The molecule has 2 aliphatic rings. The number of urea groups is 1. The first kappa shape index (κ1) is 13.8. The average Bonchev–Trinajstić information content (AvgIpc) is 2.39. The molecule has 2 amide bonds. The van der Waals surface area contributed by atoms with E-state index >= 15 is 0 Å². The van der Waals surface area contributed by atoms with E-state index in [9.17, 15) is 9.59 Å². The zero-order valence-electron chi connectivity index (χ0n) is 11.4. The van der Waals surface area contributed by atoms with Gasteiger partial charge in [0, 0.05) is 5.92 Å². The summed E-state index contributed by atoms with van der Waals surface area (Å²) in [5.74, 6) is -0.360. The van der Waals surface area contributed by atoms with Gasteiger partial charge in [0.05, 0.1) is 12.3 Å². The Hall–Kier alpha value is -1.65. The molecule has 5 heteroatoms. The summed E-state index contributed by atoms with van der Waals surface area (Å²) in [5.41, 5.74) is 0.682. The molecule has 19 heavy (non-hydrogen) atoms. The number of rotatable bonds is 3. The van der Waals surface area contributed by atoms with Gasteiger partial charge in [0.1, 0.15) is 6.04 Å². The Morgan fingerprint density at radius 1 is 1.53 bits per heavy atom. The monoisotopic (exact) mass is 265 g/mol. The molecule has 0 radical (unpaired) electrons. The van der Waals surface area contributed by atoms with Gasteiger partial charge in [0.25, 0.3) is 0 Å². The summed E-state index contributed by atoms with van der Waals surface area (Å²) in [6, 6.07) is -0.393. The lowest BCUT2D eigenvalue weighted by Gasteiger charge is -2.31. The van der Waals surface area contributed by atoms with Gasteiger partial charge in [-0.25, -0.2) is 10.3 Å². The van der Waals surface area contributed by atoms with Crippen molar-refractivity contribution in [3.05, 3.63) is 12.2 Å². The van der Waals surface area contributed by atoms with Crippen LogP contribution in [0.25, 0.3) is 0 Å². The highest BCUT2D eigenvalue weighted by Gasteiger charge is 2.45. The van der Waals surface area contributed by atoms with Crippen LogP contribution in [0.5, 0.6) is 0 Å². The first-order valence-corrected chi connectivity index (χ1v) is 6.86. The smallest absolute Gasteiger partial charge is 0.465 e. The molecule has 0 bridgehead atoms. The number of nitrogens with one attached hydrogen (secondary N) is 2. The average molecular weight is 265 g/mol. The third-order valence-electron chi connectivity index (χ3n) is 3.79. The zero-order chi connectivity index (χ0) is 13.8. The first-order chi connectivity index (χ1) is 9.13. The Bertz CT molecular complexity index is 428. The molecular weight excluding hydrogens is 244 g/mol. The fourth-order valence-corrected chi connectivity index (χ4v) is 2.89. The van der Waals surface area contributed by atoms with E-state index in [0.29, 0.717) is 18.2 Å². The Kier molecular flexibility index (Phi) is 4.35. The first-order valence-electron chi connectivity index (χ1n) is 6.86. The minimum Gasteiger partial charge on any atom is -0.465 e. The SMILES string of the molecule is CCOC(=O)[C@H]1C(C)=[NH+]C(=O)N[C@H]1[C@@H]1CC=CCC1. The molecule has 2 rings (SSSR count). The molecule has 1 aliphatic carbocycles. The van der Waals surface area contributed by atoms with Gasteiger partial charge in [-0.05, 0) is 33.1 Å². The Morgan fingerprint density at radius 3 is 2.95 bits per heavy atom. The minimum atomic E-state index is -0.394. The van der Waals surface area contributed by atoms with Crippen molar-refractivity contribution < 1.29 is 19.3 Å². The molecule has 104 valence electrons. The molecule has 5 nitrogen and oxygen atoms in total. The van der Waals surface area contributed by atoms with E-state index in [1.165, 1.54) is 0 Å². The van der Waals surface area contributed by atoms with Crippen molar-refractivity contribution in [2.75, 3.05) is 6.61 Å². The maximum absolute atomic E-state index is 12.1. The van der Waals surface area contributed by atoms with E-state index in [2.05, 4.69) is 22.5 Å². The molecule has 0 saturated heterocycles. The molecule has 1 heterocycles. The normalized spacial score (nSPS) is 30.5. The van der Waals surface area contributed by atoms with E-state index in [4.69, 9.17) is 4.74 Å². The van der Waals surface area contributed by atoms with Gasteiger partial charge >= 0.3 is 12.0 Å². The number of esters is 1. The number of allylic oxidation sites excluding steroid dienone is 2. The topological polar surface area (TPSA) is 69.4 Å². The molecule has 0 unspecified atom stereocenters. The van der Waals surface area contributed by atoms with Crippen molar-refractivity contribution in [2.24, 2.45) is 11.8 Å². The van der Waals surface area contributed by atoms with Gasteiger partial charge < -0.3 is 4.74 Å². The highest BCUT2D eigenvalue weighted by Crippen LogP contribution is 2.27. The molecule has 0 aromatic heterocycles. The summed E-state index contributed by atoms with van der Waals surface area (Å²) in [7, 11) is 0. The van der Waals surface area contributed by atoms with Crippen molar-refractivity contribution in [1.82, 2.24) is 5.32 Å². The second-order valence-electron chi connectivity index (χ2n) is 5.08. The lowest BCUT2D eigenvalue weighted by Crippen LogP contribution is -2.87. The molecule has 0 aromatic rings. The van der Waals surface area contributed by atoms with Crippen LogP contribution in [0.4, 0.5) is 4.79 Å². The van der Waals surface area contributed by atoms with Crippen molar-refractivity contribution in [3.63, 3.8) is 0 Å². The number of carbonyl (C=O) groups excluding carboxylic acids is 2. The van der Waals surface area contributed by atoms with E-state index in [1.807, 2.05) is 0 Å². The van der Waals surface area contributed by atoms with E-state index in [1.54, 1.807) is 13.8 Å². The van der Waals surface area contributed by atoms with E-state index in [-0.39, 0.29) is 18.0 Å². The summed E-state index contributed by atoms with van der Waals surface area (Å²) in [5, 5.41) is 2.90. The molecule has 2 N–H and O–H groups in total. The summed E-state index contributed by atoms with van der Waals surface area (Å²) in [6.07, 6.45) is 7.16. The maximum atomic E-state index is 12.1. The van der Waals surface area contributed by atoms with Gasteiger partial charge in [-0.15, -0.1) is 0 Å². The number of amides is 2. The summed E-state index contributed by atoms with van der Waals surface area (Å²) >= 11 is 0. The maximum Gasteiger partial charge on any atom is 0.489 e. The van der Waals surface area contributed by atoms with Gasteiger partial charge in [-0.3, -0.25) is 4.79 Å². The van der Waals surface area contributed by atoms with Crippen LogP contribution in [0.3, 0.4) is 0 Å². The van der Waals surface area contributed by atoms with Crippen molar-refractivity contribution in [2.45, 2.75) is 39.2 Å². The number of carbonyl (C=O) groups is 2. The second kappa shape index (κ2) is 5.99. The molecule has 3 atom stereocenters. The van der Waals surface area contributed by atoms with Crippen LogP contribution < -0.4 is 10.3 Å². The molecule has 0 fully saturated rings. The van der Waals surface area contributed by atoms with Crippen LogP contribution in [-0.4, -0.2) is 30.4 Å². The predicted octanol–water partition coefficient (Wildman–Crippen LogP) is 0.155. The zero-order valence-corrected chi connectivity index (χ0v) is 11.4. The fraction of sp³-hybridized carbons (Fsp3) is 0.643. The Balaban J connectivity index is 2.22. The van der Waals surface area contributed by atoms with Gasteiger partial charge in [-0.2, -0.15) is 4.79 Å². The van der Waals surface area contributed by atoms with Crippen LogP contribution in [0.2, 0.25) is 0 Å². The summed E-state index contributed by atoms with van der Waals surface area (Å²) < 4.78 is 5.14. The molecule has 1 aliphatic heterocycles. The van der Waals surface area contributed by atoms with Gasteiger partial charge in [0.2, 0.25) is 0 Å². The summed E-state index contributed by atoms with van der Waals surface area (Å²) in [6.45, 7) is 3.93. The molecule has 0 spiro atoms. The number of ether oxygens (including phenoxy) is 1. The van der Waals surface area contributed by atoms with Crippen LogP contribution in [-0.2, 0) is 9.53 Å². The third-order valence-corrected chi connectivity index (χ3v) is 3.79. The van der Waals surface area contributed by atoms with Crippen LogP contribution in [0.15, 0.2) is 12.2 Å². The summed E-state index contributed by atoms with van der Waals surface area (Å²) in [4.78, 5) is 26.4. The van der Waals surface area contributed by atoms with Gasteiger partial charge in [0.15, 0.2) is 5.92 Å². The Labute approximate surface area is 113 Å². The van der Waals surface area contributed by atoms with E-state index < -0.39 is 5.92 Å². The van der Waals surface area contributed by atoms with Crippen LogP contribution in [0.1, 0.15) is 33.1 Å². The second-order valence-corrected chi connectivity index (χ2v) is 5.08. The molecular formula is C14H21N2O3+. The van der Waals surface area contributed by atoms with Crippen LogP contribution in [0, 0.1) is 11.8 Å². The van der Waals surface area contributed by atoms with Crippen molar-refractivity contribution in [3.8, 4) is 0 Å². The largest absolute Gasteiger partial charge is 0.489 e. The van der Waals surface area contributed by atoms with Crippen molar-refractivity contribution >= 4 is 17.7 Å².